The number of anilines is 3. The molecule has 0 saturated carbocycles. The minimum atomic E-state index is -0.534. The third-order valence-corrected chi connectivity index (χ3v) is 2.60. The Hall–Kier alpha value is -3.07. The number of nitrogens with one attached hydrogen (secondary N) is 1. The van der Waals surface area contributed by atoms with Crippen LogP contribution in [0.4, 0.5) is 17.2 Å². The molecule has 1 aromatic heterocycles. The fourth-order valence-corrected chi connectivity index (χ4v) is 1.55. The summed E-state index contributed by atoms with van der Waals surface area (Å²) in [5, 5.41) is 11.7. The molecule has 0 unspecified atom stereocenters. The number of benzene rings is 1. The highest BCUT2D eigenvalue weighted by Crippen LogP contribution is 2.21. The van der Waals surface area contributed by atoms with E-state index < -0.39 is 5.97 Å². The largest absolute Gasteiger partial charge is 0.464 e. The van der Waals surface area contributed by atoms with Gasteiger partial charge in [-0.1, -0.05) is 0 Å². The van der Waals surface area contributed by atoms with Gasteiger partial charge in [0.2, 0.25) is 0 Å². The topological polar surface area (TPSA) is 101 Å². The first-order chi connectivity index (χ1) is 9.63. The van der Waals surface area contributed by atoms with Crippen molar-refractivity contribution < 1.29 is 9.53 Å². The molecular formula is C14H12N4O2. The van der Waals surface area contributed by atoms with Gasteiger partial charge in [0.05, 0.1) is 24.4 Å². The molecule has 0 saturated heterocycles. The molecule has 20 heavy (non-hydrogen) atoms. The van der Waals surface area contributed by atoms with Crippen LogP contribution in [0.5, 0.6) is 0 Å². The van der Waals surface area contributed by atoms with Crippen LogP contribution in [0.3, 0.4) is 0 Å². The molecular weight excluding hydrogens is 256 g/mol. The monoisotopic (exact) mass is 268 g/mol. The fourth-order valence-electron chi connectivity index (χ4n) is 1.55. The second kappa shape index (κ2) is 5.71. The van der Waals surface area contributed by atoms with Gasteiger partial charge in [-0.2, -0.15) is 5.26 Å². The molecule has 0 fully saturated rings. The van der Waals surface area contributed by atoms with E-state index in [-0.39, 0.29) is 5.69 Å². The van der Waals surface area contributed by atoms with Crippen LogP contribution in [0.25, 0.3) is 0 Å². The van der Waals surface area contributed by atoms with Crippen molar-refractivity contribution in [2.45, 2.75) is 0 Å². The minimum Gasteiger partial charge on any atom is -0.464 e. The van der Waals surface area contributed by atoms with Gasteiger partial charge in [-0.25, -0.2) is 9.78 Å². The van der Waals surface area contributed by atoms with Gasteiger partial charge in [0.1, 0.15) is 0 Å². The minimum absolute atomic E-state index is 0.165. The van der Waals surface area contributed by atoms with Gasteiger partial charge in [0.15, 0.2) is 11.5 Å². The van der Waals surface area contributed by atoms with E-state index in [4.69, 9.17) is 11.0 Å². The summed E-state index contributed by atoms with van der Waals surface area (Å²) in [6.45, 7) is 0. The molecule has 0 aliphatic carbocycles. The highest BCUT2D eigenvalue weighted by Gasteiger charge is 2.10. The van der Waals surface area contributed by atoms with E-state index in [0.717, 1.165) is 0 Å². The van der Waals surface area contributed by atoms with Crippen molar-refractivity contribution in [3.05, 3.63) is 47.7 Å². The van der Waals surface area contributed by atoms with Crippen molar-refractivity contribution >= 4 is 23.2 Å². The number of nitrogens with two attached hydrogens (primary N) is 1. The Morgan fingerprint density at radius 3 is 2.60 bits per heavy atom. The second-order valence-corrected chi connectivity index (χ2v) is 3.94. The molecule has 100 valence electrons. The quantitative estimate of drug-likeness (QED) is 0.826. The Bertz CT molecular complexity index is 675. The predicted octanol–water partition coefficient (Wildman–Crippen LogP) is 2.07. The number of carbonyl (C=O) groups excluding carboxylic acids is 1. The Morgan fingerprint density at radius 2 is 2.00 bits per heavy atom. The highest BCUT2D eigenvalue weighted by atomic mass is 16.5. The van der Waals surface area contributed by atoms with Gasteiger partial charge >= 0.3 is 5.97 Å². The summed E-state index contributed by atoms with van der Waals surface area (Å²) in [6, 6.07) is 11.9. The fraction of sp³-hybridized carbons (Fsp3) is 0.0714. The van der Waals surface area contributed by atoms with Gasteiger partial charge in [-0.15, -0.1) is 0 Å². The van der Waals surface area contributed by atoms with Gasteiger partial charge in [0, 0.05) is 5.69 Å². The first-order valence-electron chi connectivity index (χ1n) is 5.76. The molecule has 0 aliphatic rings. The maximum atomic E-state index is 11.4. The lowest BCUT2D eigenvalue weighted by molar-refractivity contribution is 0.0594. The number of nitriles is 1. The number of rotatable bonds is 3. The van der Waals surface area contributed by atoms with Crippen LogP contribution in [-0.2, 0) is 4.74 Å². The Kier molecular flexibility index (Phi) is 3.82. The van der Waals surface area contributed by atoms with E-state index in [2.05, 4.69) is 15.0 Å². The van der Waals surface area contributed by atoms with Gasteiger partial charge in [0.25, 0.3) is 0 Å². The van der Waals surface area contributed by atoms with Crippen LogP contribution in [0.1, 0.15) is 16.1 Å². The first-order valence-corrected chi connectivity index (χ1v) is 5.76. The number of pyridine rings is 1. The maximum absolute atomic E-state index is 11.4. The van der Waals surface area contributed by atoms with E-state index in [0.29, 0.717) is 22.8 Å². The van der Waals surface area contributed by atoms with Crippen molar-refractivity contribution in [1.82, 2.24) is 4.98 Å². The molecule has 0 amide bonds. The first kappa shape index (κ1) is 13.4. The number of esters is 1. The molecule has 2 rings (SSSR count). The zero-order chi connectivity index (χ0) is 14.5. The van der Waals surface area contributed by atoms with E-state index in [1.165, 1.54) is 13.2 Å². The van der Waals surface area contributed by atoms with Crippen LogP contribution in [0.15, 0.2) is 36.4 Å². The summed E-state index contributed by atoms with van der Waals surface area (Å²) in [6.07, 6.45) is 0. The zero-order valence-electron chi connectivity index (χ0n) is 10.8. The molecule has 6 nitrogen and oxygen atoms in total. The normalized spacial score (nSPS) is 9.60. The van der Waals surface area contributed by atoms with Crippen LogP contribution in [0.2, 0.25) is 0 Å². The Morgan fingerprint density at radius 1 is 1.30 bits per heavy atom. The number of carbonyl (C=O) groups is 1. The van der Waals surface area contributed by atoms with E-state index in [1.54, 1.807) is 30.3 Å². The van der Waals surface area contributed by atoms with Crippen LogP contribution in [0, 0.1) is 11.3 Å². The number of aromatic nitrogens is 1. The van der Waals surface area contributed by atoms with Crippen molar-refractivity contribution in [3.8, 4) is 6.07 Å². The molecule has 0 atom stereocenters. The van der Waals surface area contributed by atoms with Gasteiger partial charge in [-0.05, 0) is 36.4 Å². The molecule has 2 aromatic rings. The lowest BCUT2D eigenvalue weighted by Gasteiger charge is -2.09. The number of hydrogen-bond donors (Lipinski definition) is 2. The van der Waals surface area contributed by atoms with Crippen LogP contribution in [-0.4, -0.2) is 18.1 Å². The SMILES string of the molecule is COC(=O)c1ccc(N)c(Nc2ccc(C#N)cc2)n1. The summed E-state index contributed by atoms with van der Waals surface area (Å²) >= 11 is 0. The third-order valence-electron chi connectivity index (χ3n) is 2.60. The molecule has 1 aromatic carbocycles. The number of hydrogen-bond acceptors (Lipinski definition) is 6. The highest BCUT2D eigenvalue weighted by molar-refractivity contribution is 5.88. The van der Waals surface area contributed by atoms with Crippen molar-refractivity contribution in [2.24, 2.45) is 0 Å². The summed E-state index contributed by atoms with van der Waals surface area (Å²) in [4.78, 5) is 15.5. The third kappa shape index (κ3) is 2.84. The number of nitrogen functional groups attached to an aromatic ring is 1. The predicted molar refractivity (Wildman–Crippen MR) is 74.4 cm³/mol. The zero-order valence-corrected chi connectivity index (χ0v) is 10.8. The lowest BCUT2D eigenvalue weighted by Crippen LogP contribution is -2.07. The van der Waals surface area contributed by atoms with Crippen molar-refractivity contribution in [3.63, 3.8) is 0 Å². The molecule has 0 spiro atoms. The second-order valence-electron chi connectivity index (χ2n) is 3.94. The number of ether oxygens (including phenoxy) is 1. The van der Waals surface area contributed by atoms with Crippen LogP contribution >= 0.6 is 0 Å². The molecule has 6 heteroatoms. The Labute approximate surface area is 115 Å². The van der Waals surface area contributed by atoms with Crippen molar-refractivity contribution in [2.75, 3.05) is 18.2 Å². The molecule has 0 radical (unpaired) electrons. The van der Waals surface area contributed by atoms with E-state index >= 15 is 0 Å². The molecule has 0 bridgehead atoms. The summed E-state index contributed by atoms with van der Waals surface area (Å²) in [7, 11) is 1.29. The number of methoxy groups -OCH3 is 1. The van der Waals surface area contributed by atoms with E-state index in [9.17, 15) is 4.79 Å². The molecule has 0 aliphatic heterocycles. The lowest BCUT2D eigenvalue weighted by atomic mass is 10.2. The maximum Gasteiger partial charge on any atom is 0.356 e. The molecule has 3 N–H and O–H groups in total. The Balaban J connectivity index is 2.27. The average Bonchev–Trinajstić information content (AvgIpc) is 2.49. The standard InChI is InChI=1S/C14H12N4O2/c1-20-14(19)12-7-6-11(16)13(18-12)17-10-4-2-9(8-15)3-5-10/h2-7H,16H2,1H3,(H,17,18). The molecule has 1 heterocycles. The van der Waals surface area contributed by atoms with Gasteiger partial charge in [-0.3, -0.25) is 0 Å². The summed E-state index contributed by atoms with van der Waals surface area (Å²) < 4.78 is 4.61. The van der Waals surface area contributed by atoms with Crippen molar-refractivity contribution in [1.29, 1.82) is 5.26 Å². The van der Waals surface area contributed by atoms with E-state index in [1.807, 2.05) is 6.07 Å². The van der Waals surface area contributed by atoms with Crippen LogP contribution < -0.4 is 11.1 Å². The van der Waals surface area contributed by atoms with Gasteiger partial charge < -0.3 is 15.8 Å². The summed E-state index contributed by atoms with van der Waals surface area (Å²) in [5.41, 5.74) is 7.64. The smallest absolute Gasteiger partial charge is 0.356 e. The average molecular weight is 268 g/mol. The number of nitrogens with zero attached hydrogens (tertiary/aromatic N) is 2. The summed E-state index contributed by atoms with van der Waals surface area (Å²) in [5.74, 6) is -0.175.